The molecule has 0 amide bonds. The maximum Gasteiger partial charge on any atom is 0.333 e. The molecule has 0 aliphatic rings. The Kier molecular flexibility index (Phi) is 8.56. The Hall–Kier alpha value is -1.60. The molecule has 26 heavy (non-hydrogen) atoms. The van der Waals surface area contributed by atoms with Crippen molar-refractivity contribution in [3.05, 3.63) is 27.2 Å². The quantitative estimate of drug-likeness (QED) is 0.665. The molecular formula is C18H32ClN5O2. The predicted octanol–water partition coefficient (Wildman–Crippen LogP) is 2.50. The van der Waals surface area contributed by atoms with E-state index in [0.717, 1.165) is 25.9 Å². The minimum absolute atomic E-state index is 0. The summed E-state index contributed by atoms with van der Waals surface area (Å²) < 4.78 is 4.84. The summed E-state index contributed by atoms with van der Waals surface area (Å²) in [5.74, 6) is 0. The number of nitrogens with zero attached hydrogens (tertiary/aromatic N) is 5. The van der Waals surface area contributed by atoms with E-state index in [-0.39, 0.29) is 29.7 Å². The second-order valence-electron chi connectivity index (χ2n) is 6.55. The summed E-state index contributed by atoms with van der Waals surface area (Å²) in [6.45, 7) is 13.9. The van der Waals surface area contributed by atoms with Crippen LogP contribution in [0.2, 0.25) is 0 Å². The molecule has 2 aromatic heterocycles. The molecule has 2 aromatic rings. The van der Waals surface area contributed by atoms with Gasteiger partial charge in [-0.3, -0.25) is 13.9 Å². The summed E-state index contributed by atoms with van der Waals surface area (Å²) in [4.78, 5) is 32.6. The van der Waals surface area contributed by atoms with Crippen molar-refractivity contribution in [3.63, 3.8) is 0 Å². The van der Waals surface area contributed by atoms with Gasteiger partial charge >= 0.3 is 5.69 Å². The van der Waals surface area contributed by atoms with Crippen LogP contribution >= 0.6 is 12.4 Å². The van der Waals surface area contributed by atoms with Gasteiger partial charge in [0.05, 0.1) is 12.4 Å². The molecule has 0 N–H and O–H groups in total. The first-order valence-electron chi connectivity index (χ1n) is 9.42. The summed E-state index contributed by atoms with van der Waals surface area (Å²) in [6.07, 6.45) is 3.76. The monoisotopic (exact) mass is 385 g/mol. The Labute approximate surface area is 161 Å². The number of hydrogen-bond donors (Lipinski definition) is 0. The van der Waals surface area contributed by atoms with Crippen molar-refractivity contribution in [3.8, 4) is 0 Å². The molecular weight excluding hydrogens is 354 g/mol. The van der Waals surface area contributed by atoms with Gasteiger partial charge in [-0.05, 0) is 46.7 Å². The Morgan fingerprint density at radius 2 is 1.69 bits per heavy atom. The largest absolute Gasteiger partial charge is 0.333 e. The highest BCUT2D eigenvalue weighted by atomic mass is 35.5. The molecule has 1 unspecified atom stereocenters. The molecule has 2 rings (SSSR count). The lowest BCUT2D eigenvalue weighted by Gasteiger charge is -2.26. The number of hydrogen-bond acceptors (Lipinski definition) is 4. The van der Waals surface area contributed by atoms with Gasteiger partial charge in [0.2, 0.25) is 0 Å². The second-order valence-corrected chi connectivity index (χ2v) is 6.55. The highest BCUT2D eigenvalue weighted by Gasteiger charge is 2.21. The molecule has 0 saturated carbocycles. The maximum absolute atomic E-state index is 13.1. The zero-order valence-electron chi connectivity index (χ0n) is 16.6. The van der Waals surface area contributed by atoms with Gasteiger partial charge in [-0.2, -0.15) is 0 Å². The molecule has 0 spiro atoms. The number of rotatable bonds is 9. The summed E-state index contributed by atoms with van der Waals surface area (Å²) in [7, 11) is 0. The highest BCUT2D eigenvalue weighted by molar-refractivity contribution is 5.85. The van der Waals surface area contributed by atoms with Crippen molar-refractivity contribution < 1.29 is 0 Å². The molecule has 0 saturated heterocycles. The third-order valence-corrected chi connectivity index (χ3v) is 4.63. The summed E-state index contributed by atoms with van der Waals surface area (Å²) in [5.41, 5.74) is 0.515. The average Bonchev–Trinajstić information content (AvgIpc) is 3.00. The fourth-order valence-electron chi connectivity index (χ4n) is 3.50. The SMILES string of the molecule is CCCN(CCC)CC(C)n1c(=O)c2c(ncn2CC)n(CC)c1=O.Cl. The molecule has 2 heterocycles. The van der Waals surface area contributed by atoms with Gasteiger partial charge in [-0.1, -0.05) is 13.8 Å². The van der Waals surface area contributed by atoms with E-state index in [0.29, 0.717) is 30.8 Å². The first-order chi connectivity index (χ1) is 12.0. The van der Waals surface area contributed by atoms with Crippen LogP contribution in [0.25, 0.3) is 11.2 Å². The summed E-state index contributed by atoms with van der Waals surface area (Å²) in [6, 6.07) is -0.180. The van der Waals surface area contributed by atoms with Crippen LogP contribution in [0, 0.1) is 0 Å². The Balaban J connectivity index is 0.00000338. The van der Waals surface area contributed by atoms with E-state index >= 15 is 0 Å². The van der Waals surface area contributed by atoms with E-state index in [2.05, 4.69) is 23.7 Å². The van der Waals surface area contributed by atoms with Gasteiger partial charge in [0.1, 0.15) is 0 Å². The van der Waals surface area contributed by atoms with Crippen LogP contribution in [0.1, 0.15) is 53.5 Å². The lowest BCUT2D eigenvalue weighted by atomic mass is 10.2. The fraction of sp³-hybridized carbons (Fsp3) is 0.722. The van der Waals surface area contributed by atoms with Gasteiger partial charge in [0, 0.05) is 19.6 Å². The van der Waals surface area contributed by atoms with Crippen LogP contribution < -0.4 is 11.2 Å². The molecule has 1 atom stereocenters. The third kappa shape index (κ3) is 4.20. The van der Waals surface area contributed by atoms with Crippen molar-refractivity contribution in [2.24, 2.45) is 0 Å². The van der Waals surface area contributed by atoms with Crippen molar-refractivity contribution >= 4 is 23.6 Å². The number of fused-ring (bicyclic) bond motifs is 1. The fourth-order valence-corrected chi connectivity index (χ4v) is 3.50. The Morgan fingerprint density at radius 1 is 1.08 bits per heavy atom. The first-order valence-corrected chi connectivity index (χ1v) is 9.42. The second kappa shape index (κ2) is 9.92. The van der Waals surface area contributed by atoms with E-state index in [4.69, 9.17) is 0 Å². The molecule has 0 aromatic carbocycles. The van der Waals surface area contributed by atoms with Crippen LogP contribution in [0.3, 0.4) is 0 Å². The van der Waals surface area contributed by atoms with Gasteiger partial charge in [0.25, 0.3) is 5.56 Å². The predicted molar refractivity (Wildman–Crippen MR) is 109 cm³/mol. The summed E-state index contributed by atoms with van der Waals surface area (Å²) >= 11 is 0. The molecule has 0 fully saturated rings. The van der Waals surface area contributed by atoms with Crippen molar-refractivity contribution in [1.29, 1.82) is 0 Å². The summed E-state index contributed by atoms with van der Waals surface area (Å²) in [5, 5.41) is 0. The van der Waals surface area contributed by atoms with E-state index < -0.39 is 0 Å². The van der Waals surface area contributed by atoms with Gasteiger partial charge < -0.3 is 9.47 Å². The normalized spacial score (nSPS) is 12.5. The minimum Gasteiger partial charge on any atom is -0.325 e. The molecule has 0 bridgehead atoms. The molecule has 0 aliphatic heterocycles. The van der Waals surface area contributed by atoms with Crippen molar-refractivity contribution in [1.82, 2.24) is 23.6 Å². The smallest absolute Gasteiger partial charge is 0.325 e. The van der Waals surface area contributed by atoms with Crippen LogP contribution in [-0.2, 0) is 13.1 Å². The maximum atomic E-state index is 13.1. The van der Waals surface area contributed by atoms with Crippen LogP contribution in [0.15, 0.2) is 15.9 Å². The molecule has 148 valence electrons. The minimum atomic E-state index is -0.262. The number of halogens is 1. The van der Waals surface area contributed by atoms with Crippen LogP contribution in [0.4, 0.5) is 0 Å². The van der Waals surface area contributed by atoms with Gasteiger partial charge in [0.15, 0.2) is 11.2 Å². The first kappa shape index (κ1) is 22.4. The highest BCUT2D eigenvalue weighted by Crippen LogP contribution is 2.10. The average molecular weight is 386 g/mol. The Morgan fingerprint density at radius 3 is 2.19 bits per heavy atom. The van der Waals surface area contributed by atoms with Crippen LogP contribution in [-0.4, -0.2) is 43.2 Å². The third-order valence-electron chi connectivity index (χ3n) is 4.63. The zero-order valence-corrected chi connectivity index (χ0v) is 17.4. The van der Waals surface area contributed by atoms with Gasteiger partial charge in [-0.25, -0.2) is 9.78 Å². The molecule has 8 heteroatoms. The molecule has 7 nitrogen and oxygen atoms in total. The van der Waals surface area contributed by atoms with E-state index in [1.54, 1.807) is 10.9 Å². The zero-order chi connectivity index (χ0) is 18.6. The lowest BCUT2D eigenvalue weighted by molar-refractivity contribution is 0.233. The molecule has 0 radical (unpaired) electrons. The lowest BCUT2D eigenvalue weighted by Crippen LogP contribution is -2.45. The van der Waals surface area contributed by atoms with E-state index in [1.807, 2.05) is 25.3 Å². The Bertz CT molecular complexity index is 817. The van der Waals surface area contributed by atoms with Crippen molar-refractivity contribution in [2.75, 3.05) is 19.6 Å². The van der Waals surface area contributed by atoms with E-state index in [9.17, 15) is 9.59 Å². The van der Waals surface area contributed by atoms with E-state index in [1.165, 1.54) is 4.57 Å². The topological polar surface area (TPSA) is 65.1 Å². The number of imidazole rings is 1. The number of aryl methyl sites for hydroxylation is 2. The van der Waals surface area contributed by atoms with Crippen LogP contribution in [0.5, 0.6) is 0 Å². The molecule has 0 aliphatic carbocycles. The number of aromatic nitrogens is 4. The van der Waals surface area contributed by atoms with Crippen molar-refractivity contribution in [2.45, 2.75) is 66.6 Å². The standard InChI is InChI=1S/C18H31N5O2.ClH/c1-6-10-20(11-7-2)12-14(5)23-17(24)15-16(19-13-21(15)8-3)22(9-4)18(23)25;/h13-14H,6-12H2,1-5H3;1H. The van der Waals surface area contributed by atoms with Gasteiger partial charge in [-0.15, -0.1) is 12.4 Å².